The molecule has 0 spiro atoms. The van der Waals surface area contributed by atoms with Gasteiger partial charge in [-0.05, 0) is 52.4 Å². The molecule has 1 amide bonds. The van der Waals surface area contributed by atoms with Crippen LogP contribution in [0, 0.1) is 17.8 Å². The Hall–Kier alpha value is -3.46. The number of nitrogens with one attached hydrogen (secondary N) is 2. The van der Waals surface area contributed by atoms with E-state index in [1.807, 2.05) is 41.2 Å². The average molecular weight is 490 g/mol. The van der Waals surface area contributed by atoms with Gasteiger partial charge in [-0.3, -0.25) is 4.79 Å². The van der Waals surface area contributed by atoms with Crippen LogP contribution < -0.4 is 11.1 Å². The number of carbonyl (C=O) groups is 1. The Kier molecular flexibility index (Phi) is 4.39. The van der Waals surface area contributed by atoms with Gasteiger partial charge in [-0.25, -0.2) is 14.6 Å². The first-order valence-corrected chi connectivity index (χ1v) is 11.3. The summed E-state index contributed by atoms with van der Waals surface area (Å²) >= 11 is 3.63. The monoisotopic (exact) mass is 489 g/mol. The molecular formula is C23H20BrN7O. The quantitative estimate of drug-likeness (QED) is 0.370. The van der Waals surface area contributed by atoms with E-state index in [-0.39, 0.29) is 29.7 Å². The number of pyridine rings is 1. The lowest BCUT2D eigenvalue weighted by Gasteiger charge is -2.28. The van der Waals surface area contributed by atoms with E-state index in [0.717, 1.165) is 33.3 Å². The number of fused-ring (bicyclic) bond motifs is 3. The number of H-pyrrole nitrogens is 1. The van der Waals surface area contributed by atoms with Crippen molar-refractivity contribution in [2.75, 3.05) is 5.32 Å². The maximum Gasteiger partial charge on any atom is 0.223 e. The van der Waals surface area contributed by atoms with E-state index in [2.05, 4.69) is 48.5 Å². The molecule has 0 radical (unpaired) electrons. The fourth-order valence-electron chi connectivity index (χ4n) is 5.06. The highest BCUT2D eigenvalue weighted by Gasteiger charge is 2.47. The third kappa shape index (κ3) is 2.96. The zero-order valence-electron chi connectivity index (χ0n) is 16.9. The van der Waals surface area contributed by atoms with Crippen molar-refractivity contribution in [3.8, 4) is 17.1 Å². The van der Waals surface area contributed by atoms with Crippen LogP contribution in [0.15, 0.2) is 65.5 Å². The average Bonchev–Trinajstić information content (AvgIpc) is 3.58. The molecule has 3 aromatic heterocycles. The summed E-state index contributed by atoms with van der Waals surface area (Å²) in [4.78, 5) is 24.9. The van der Waals surface area contributed by atoms with Crippen LogP contribution in [0.4, 0.5) is 5.69 Å². The molecule has 4 N–H and O–H groups in total. The second-order valence-electron chi connectivity index (χ2n) is 8.28. The summed E-state index contributed by atoms with van der Waals surface area (Å²) in [6.45, 7) is 0. The van der Waals surface area contributed by atoms with Gasteiger partial charge in [0, 0.05) is 30.2 Å². The van der Waals surface area contributed by atoms with Crippen molar-refractivity contribution in [1.82, 2.24) is 24.7 Å². The number of nitrogens with zero attached hydrogens (tertiary/aromatic N) is 4. The predicted octanol–water partition coefficient (Wildman–Crippen LogP) is 3.66. The minimum absolute atomic E-state index is 0.0625. The number of benzene rings is 1. The van der Waals surface area contributed by atoms with Gasteiger partial charge in [-0.1, -0.05) is 24.3 Å². The van der Waals surface area contributed by atoms with E-state index in [4.69, 9.17) is 10.7 Å². The Morgan fingerprint density at radius 1 is 1.22 bits per heavy atom. The minimum Gasteiger partial charge on any atom is -0.378 e. The zero-order valence-corrected chi connectivity index (χ0v) is 18.5. The van der Waals surface area contributed by atoms with E-state index < -0.39 is 0 Å². The summed E-state index contributed by atoms with van der Waals surface area (Å²) in [7, 11) is 0. The van der Waals surface area contributed by atoms with Crippen LogP contribution >= 0.6 is 15.9 Å². The molecule has 4 atom stereocenters. The molecule has 4 aromatic rings. The van der Waals surface area contributed by atoms with Gasteiger partial charge in [0.05, 0.1) is 21.8 Å². The highest BCUT2D eigenvalue weighted by atomic mass is 79.9. The maximum atomic E-state index is 12.2. The number of aromatic nitrogens is 5. The molecule has 0 aliphatic heterocycles. The van der Waals surface area contributed by atoms with E-state index >= 15 is 0 Å². The first-order valence-electron chi connectivity index (χ1n) is 10.5. The van der Waals surface area contributed by atoms with E-state index in [9.17, 15) is 4.79 Å². The number of primary amides is 1. The van der Waals surface area contributed by atoms with E-state index in [0.29, 0.717) is 11.5 Å². The first-order chi connectivity index (χ1) is 15.6. The molecule has 1 aromatic carbocycles. The van der Waals surface area contributed by atoms with Crippen LogP contribution in [0.2, 0.25) is 0 Å². The molecule has 2 aliphatic carbocycles. The van der Waals surface area contributed by atoms with Crippen molar-refractivity contribution in [3.63, 3.8) is 0 Å². The number of halogens is 1. The lowest BCUT2D eigenvalue weighted by atomic mass is 9.88. The summed E-state index contributed by atoms with van der Waals surface area (Å²) in [6.07, 6.45) is 10.6. The molecule has 8 nitrogen and oxygen atoms in total. The largest absolute Gasteiger partial charge is 0.378 e. The lowest BCUT2D eigenvalue weighted by Crippen LogP contribution is -2.41. The second kappa shape index (κ2) is 7.30. The number of rotatable bonds is 5. The van der Waals surface area contributed by atoms with Crippen LogP contribution in [0.1, 0.15) is 6.42 Å². The van der Waals surface area contributed by atoms with E-state index in [1.54, 1.807) is 12.4 Å². The highest BCUT2D eigenvalue weighted by Crippen LogP contribution is 2.46. The SMILES string of the molecule is NC(=O)[C@@H]1[C@H](Nc2c(Br)cnc3nc(-c4ccccc4-n4cccn4)[nH]c23)[C@@H]2C=C[C@@H]1C2. The number of amides is 1. The second-order valence-corrected chi connectivity index (χ2v) is 9.13. The van der Waals surface area contributed by atoms with Crippen LogP contribution in [0.5, 0.6) is 0 Å². The molecular weight excluding hydrogens is 470 g/mol. The van der Waals surface area contributed by atoms with Crippen LogP contribution in [-0.4, -0.2) is 36.7 Å². The van der Waals surface area contributed by atoms with Gasteiger partial charge in [0.1, 0.15) is 11.3 Å². The normalized spacial score (nSPS) is 23.8. The van der Waals surface area contributed by atoms with Crippen molar-refractivity contribution in [1.29, 1.82) is 0 Å². The molecule has 0 saturated heterocycles. The molecule has 2 aliphatic rings. The van der Waals surface area contributed by atoms with Crippen LogP contribution in [-0.2, 0) is 4.79 Å². The zero-order chi connectivity index (χ0) is 21.8. The van der Waals surface area contributed by atoms with E-state index in [1.165, 1.54) is 0 Å². The number of hydrogen-bond donors (Lipinski definition) is 3. The van der Waals surface area contributed by atoms with Gasteiger partial charge in [-0.15, -0.1) is 0 Å². The van der Waals surface area contributed by atoms with Crippen molar-refractivity contribution < 1.29 is 4.79 Å². The molecule has 2 bridgehead atoms. The molecule has 1 saturated carbocycles. The Balaban J connectivity index is 1.44. The van der Waals surface area contributed by atoms with Gasteiger partial charge in [0.2, 0.25) is 5.91 Å². The summed E-state index contributed by atoms with van der Waals surface area (Å²) in [5, 5.41) is 7.96. The van der Waals surface area contributed by atoms with Gasteiger partial charge in [-0.2, -0.15) is 5.10 Å². The third-order valence-corrected chi connectivity index (χ3v) is 7.08. The van der Waals surface area contributed by atoms with Gasteiger partial charge >= 0.3 is 0 Å². The standard InChI is InChI=1S/C23H20BrN7O/c24-15-11-26-23-20(19(15)28-18-13-7-6-12(10-13)17(18)21(25)32)29-22(30-23)14-4-1-2-5-16(14)31-9-3-8-27-31/h1-9,11-13,17-18H,10H2,(H2,25,32)(H2,26,28,29,30)/t12-,13-,17+,18-/m1/s1. The topological polar surface area (TPSA) is 115 Å². The Morgan fingerprint density at radius 3 is 2.88 bits per heavy atom. The number of hydrogen-bond acceptors (Lipinski definition) is 5. The predicted molar refractivity (Wildman–Crippen MR) is 125 cm³/mol. The fraction of sp³-hybridized carbons (Fsp3) is 0.217. The fourth-order valence-corrected chi connectivity index (χ4v) is 5.48. The molecule has 3 heterocycles. The number of carbonyl (C=O) groups excluding carboxylic acids is 1. The van der Waals surface area contributed by atoms with Crippen LogP contribution in [0.3, 0.4) is 0 Å². The smallest absolute Gasteiger partial charge is 0.223 e. The number of aromatic amines is 1. The molecule has 160 valence electrons. The van der Waals surface area contributed by atoms with Crippen molar-refractivity contribution in [2.24, 2.45) is 23.5 Å². The highest BCUT2D eigenvalue weighted by molar-refractivity contribution is 9.10. The summed E-state index contributed by atoms with van der Waals surface area (Å²) in [6, 6.07) is 9.76. The van der Waals surface area contributed by atoms with Crippen molar-refractivity contribution in [3.05, 3.63) is 65.5 Å². The number of allylic oxidation sites excluding steroid dienone is 1. The Bertz CT molecular complexity index is 1360. The Morgan fingerprint density at radius 2 is 2.06 bits per heavy atom. The summed E-state index contributed by atoms with van der Waals surface area (Å²) in [5.41, 5.74) is 9.79. The van der Waals surface area contributed by atoms with Gasteiger partial charge in [0.15, 0.2) is 5.65 Å². The summed E-state index contributed by atoms with van der Waals surface area (Å²) in [5.74, 6) is 0.668. The molecule has 1 fully saturated rings. The molecule has 9 heteroatoms. The Labute approximate surface area is 192 Å². The van der Waals surface area contributed by atoms with Gasteiger partial charge < -0.3 is 16.0 Å². The number of para-hydroxylation sites is 1. The number of imidazole rings is 1. The van der Waals surface area contributed by atoms with Crippen LogP contribution in [0.25, 0.3) is 28.2 Å². The summed E-state index contributed by atoms with van der Waals surface area (Å²) < 4.78 is 2.61. The minimum atomic E-state index is -0.265. The molecule has 0 unspecified atom stereocenters. The third-order valence-electron chi connectivity index (χ3n) is 6.48. The van der Waals surface area contributed by atoms with Crippen molar-refractivity contribution >= 4 is 38.7 Å². The molecule has 32 heavy (non-hydrogen) atoms. The number of nitrogens with two attached hydrogens (primary N) is 1. The van der Waals surface area contributed by atoms with Gasteiger partial charge in [0.25, 0.3) is 0 Å². The van der Waals surface area contributed by atoms with Crippen molar-refractivity contribution in [2.45, 2.75) is 12.5 Å². The maximum absolute atomic E-state index is 12.2. The lowest BCUT2D eigenvalue weighted by molar-refractivity contribution is -0.122. The first kappa shape index (κ1) is 19.2. The molecule has 6 rings (SSSR count). The number of anilines is 1.